The van der Waals surface area contributed by atoms with Gasteiger partial charge in [-0.1, -0.05) is 17.4 Å². The lowest BCUT2D eigenvalue weighted by molar-refractivity contribution is 0.0520. The Labute approximate surface area is 96.7 Å². The minimum Gasteiger partial charge on any atom is -0.461 e. The number of ether oxygens (including phenoxy) is 1. The summed E-state index contributed by atoms with van der Waals surface area (Å²) < 4.78 is 4.84. The molecule has 0 aliphatic carbocycles. The van der Waals surface area contributed by atoms with E-state index in [1.165, 1.54) is 11.3 Å². The van der Waals surface area contributed by atoms with Crippen LogP contribution >= 0.6 is 22.9 Å². The molecule has 0 saturated carbocycles. The van der Waals surface area contributed by atoms with Crippen LogP contribution in [0.2, 0.25) is 0 Å². The molecular weight excluding hydrogens is 236 g/mol. The highest BCUT2D eigenvalue weighted by Crippen LogP contribution is 2.22. The first-order chi connectivity index (χ1) is 7.19. The predicted molar refractivity (Wildman–Crippen MR) is 62.2 cm³/mol. The van der Waals surface area contributed by atoms with Crippen molar-refractivity contribution in [1.29, 1.82) is 0 Å². The number of allylic oxidation sites excluding steroid dienone is 1. The molecule has 0 radical (unpaired) electrons. The van der Waals surface area contributed by atoms with Gasteiger partial charge < -0.3 is 10.5 Å². The van der Waals surface area contributed by atoms with Crippen molar-refractivity contribution in [2.45, 2.75) is 6.92 Å². The van der Waals surface area contributed by atoms with E-state index in [1.54, 1.807) is 19.1 Å². The molecule has 0 atom stereocenters. The summed E-state index contributed by atoms with van der Waals surface area (Å²) >= 11 is 6.73. The van der Waals surface area contributed by atoms with Gasteiger partial charge in [-0.15, -0.1) is 11.6 Å². The van der Waals surface area contributed by atoms with Gasteiger partial charge in [0.05, 0.1) is 11.5 Å². The van der Waals surface area contributed by atoms with E-state index in [9.17, 15) is 4.79 Å². The molecule has 2 N–H and O–H groups in total. The number of nitrogen functional groups attached to an aromatic ring is 1. The zero-order chi connectivity index (χ0) is 11.3. The average Bonchev–Trinajstić information content (AvgIpc) is 2.57. The van der Waals surface area contributed by atoms with Crippen LogP contribution in [0.4, 0.5) is 5.13 Å². The van der Waals surface area contributed by atoms with Gasteiger partial charge >= 0.3 is 5.97 Å². The third-order valence-corrected chi connectivity index (χ3v) is 2.52. The number of halogens is 1. The first kappa shape index (κ1) is 12.0. The fourth-order valence-electron chi connectivity index (χ4n) is 0.959. The van der Waals surface area contributed by atoms with E-state index in [4.69, 9.17) is 22.1 Å². The van der Waals surface area contributed by atoms with Crippen molar-refractivity contribution in [3.63, 3.8) is 0 Å². The molecule has 0 aromatic carbocycles. The molecule has 1 aromatic heterocycles. The first-order valence-electron chi connectivity index (χ1n) is 4.35. The number of alkyl halides is 1. The highest BCUT2D eigenvalue weighted by Gasteiger charge is 2.16. The van der Waals surface area contributed by atoms with Gasteiger partial charge in [-0.3, -0.25) is 0 Å². The van der Waals surface area contributed by atoms with Crippen molar-refractivity contribution in [1.82, 2.24) is 4.98 Å². The van der Waals surface area contributed by atoms with Gasteiger partial charge in [0.15, 0.2) is 10.8 Å². The Morgan fingerprint density at radius 3 is 3.07 bits per heavy atom. The second-order valence-electron chi connectivity index (χ2n) is 2.54. The molecule has 82 valence electrons. The summed E-state index contributed by atoms with van der Waals surface area (Å²) in [6.07, 6.45) is 3.44. The van der Waals surface area contributed by atoms with Gasteiger partial charge in [-0.05, 0) is 13.0 Å². The van der Waals surface area contributed by atoms with Crippen LogP contribution in [-0.4, -0.2) is 23.4 Å². The maximum atomic E-state index is 11.4. The van der Waals surface area contributed by atoms with Crippen molar-refractivity contribution in [2.24, 2.45) is 0 Å². The molecule has 0 amide bonds. The third kappa shape index (κ3) is 3.21. The Morgan fingerprint density at radius 2 is 2.47 bits per heavy atom. The van der Waals surface area contributed by atoms with Gasteiger partial charge in [0.25, 0.3) is 0 Å². The lowest BCUT2D eigenvalue weighted by atomic mass is 10.3. The minimum absolute atomic E-state index is 0.251. The largest absolute Gasteiger partial charge is 0.461 e. The van der Waals surface area contributed by atoms with E-state index >= 15 is 0 Å². The van der Waals surface area contributed by atoms with Gasteiger partial charge in [-0.25, -0.2) is 9.78 Å². The van der Waals surface area contributed by atoms with Crippen LogP contribution in [0.5, 0.6) is 0 Å². The van der Waals surface area contributed by atoms with E-state index < -0.39 is 5.97 Å². The van der Waals surface area contributed by atoms with Crippen molar-refractivity contribution in [3.05, 3.63) is 16.6 Å². The van der Waals surface area contributed by atoms with Crippen molar-refractivity contribution in [2.75, 3.05) is 18.2 Å². The number of esters is 1. The summed E-state index contributed by atoms with van der Waals surface area (Å²) in [6, 6.07) is 0. The molecule has 0 aliphatic heterocycles. The second kappa shape index (κ2) is 5.72. The number of anilines is 1. The molecule has 0 unspecified atom stereocenters. The Kier molecular flexibility index (Phi) is 4.58. The van der Waals surface area contributed by atoms with E-state index in [2.05, 4.69) is 4.98 Å². The van der Waals surface area contributed by atoms with E-state index in [-0.39, 0.29) is 5.69 Å². The topological polar surface area (TPSA) is 65.2 Å². The van der Waals surface area contributed by atoms with E-state index in [1.807, 2.05) is 0 Å². The lowest BCUT2D eigenvalue weighted by Gasteiger charge is -1.98. The summed E-state index contributed by atoms with van der Waals surface area (Å²) in [7, 11) is 0. The highest BCUT2D eigenvalue weighted by atomic mass is 35.5. The van der Waals surface area contributed by atoms with Crippen molar-refractivity contribution < 1.29 is 9.53 Å². The normalized spacial score (nSPS) is 10.8. The number of carbonyl (C=O) groups is 1. The lowest BCUT2D eigenvalue weighted by Crippen LogP contribution is -2.06. The number of rotatable bonds is 4. The number of nitrogens with zero attached hydrogens (tertiary/aromatic N) is 1. The van der Waals surface area contributed by atoms with Crippen LogP contribution in [-0.2, 0) is 4.74 Å². The third-order valence-electron chi connectivity index (χ3n) is 1.50. The fourth-order valence-corrected chi connectivity index (χ4v) is 1.80. The smallest absolute Gasteiger partial charge is 0.358 e. The maximum absolute atomic E-state index is 11.4. The summed E-state index contributed by atoms with van der Waals surface area (Å²) in [6.45, 7) is 2.05. The molecule has 4 nitrogen and oxygen atoms in total. The summed E-state index contributed by atoms with van der Waals surface area (Å²) in [5.41, 5.74) is 5.77. The summed E-state index contributed by atoms with van der Waals surface area (Å²) in [4.78, 5) is 16.0. The maximum Gasteiger partial charge on any atom is 0.358 e. The molecule has 15 heavy (non-hydrogen) atoms. The molecule has 1 rings (SSSR count). The van der Waals surface area contributed by atoms with Crippen molar-refractivity contribution in [3.8, 4) is 0 Å². The van der Waals surface area contributed by atoms with Crippen LogP contribution in [0.25, 0.3) is 6.08 Å². The van der Waals surface area contributed by atoms with Gasteiger partial charge in [0.2, 0.25) is 0 Å². The Hall–Kier alpha value is -1.07. The first-order valence-corrected chi connectivity index (χ1v) is 5.70. The van der Waals surface area contributed by atoms with Crippen molar-refractivity contribution >= 4 is 40.1 Å². The monoisotopic (exact) mass is 246 g/mol. The molecule has 0 fully saturated rings. The van der Waals surface area contributed by atoms with E-state index in [0.717, 1.165) is 0 Å². The van der Waals surface area contributed by atoms with Crippen LogP contribution in [0.3, 0.4) is 0 Å². The summed E-state index contributed by atoms with van der Waals surface area (Å²) in [5, 5.41) is 0.340. The number of hydrogen-bond donors (Lipinski definition) is 1. The minimum atomic E-state index is -0.459. The quantitative estimate of drug-likeness (QED) is 0.653. The molecule has 0 saturated heterocycles. The number of aromatic nitrogens is 1. The Balaban J connectivity index is 2.95. The van der Waals surface area contributed by atoms with Crippen LogP contribution in [0, 0.1) is 0 Å². The highest BCUT2D eigenvalue weighted by molar-refractivity contribution is 7.16. The number of nitrogens with two attached hydrogens (primary N) is 1. The van der Waals surface area contributed by atoms with Crippen LogP contribution in [0.15, 0.2) is 6.08 Å². The Bertz CT molecular complexity index is 376. The van der Waals surface area contributed by atoms with Gasteiger partial charge in [-0.2, -0.15) is 0 Å². The van der Waals surface area contributed by atoms with E-state index in [0.29, 0.717) is 22.5 Å². The molecule has 0 bridgehead atoms. The van der Waals surface area contributed by atoms with Crippen LogP contribution < -0.4 is 5.73 Å². The van der Waals surface area contributed by atoms with Gasteiger partial charge in [0, 0.05) is 5.88 Å². The molecule has 0 aliphatic rings. The van der Waals surface area contributed by atoms with Crippen LogP contribution in [0.1, 0.15) is 22.3 Å². The zero-order valence-corrected chi connectivity index (χ0v) is 9.77. The molecule has 1 aromatic rings. The standard InChI is InChI=1S/C9H11ClN2O2S/c1-2-14-8(13)7-6(4-3-5-10)15-9(11)12-7/h3-4H,2,5H2,1H3,(H2,11,12). The molecule has 6 heteroatoms. The number of carbonyl (C=O) groups excluding carboxylic acids is 1. The number of hydrogen-bond acceptors (Lipinski definition) is 5. The molecular formula is C9H11ClN2O2S. The molecule has 1 heterocycles. The average molecular weight is 247 g/mol. The summed E-state index contributed by atoms with van der Waals surface area (Å²) in [5.74, 6) is -0.0836. The number of thiazole rings is 1. The second-order valence-corrected chi connectivity index (χ2v) is 3.91. The predicted octanol–water partition coefficient (Wildman–Crippen LogP) is 2.15. The Morgan fingerprint density at radius 1 is 1.73 bits per heavy atom. The fraction of sp³-hybridized carbons (Fsp3) is 0.333. The zero-order valence-electron chi connectivity index (χ0n) is 8.20. The van der Waals surface area contributed by atoms with Gasteiger partial charge in [0.1, 0.15) is 0 Å². The SMILES string of the molecule is CCOC(=O)c1nc(N)sc1C=CCCl. The molecule has 0 spiro atoms.